The molecule has 1 aliphatic heterocycles. The van der Waals surface area contributed by atoms with Crippen LogP contribution >= 0.6 is 0 Å². The highest BCUT2D eigenvalue weighted by atomic mass is 16.2. The van der Waals surface area contributed by atoms with Crippen molar-refractivity contribution in [3.63, 3.8) is 0 Å². The lowest BCUT2D eigenvalue weighted by atomic mass is 9.90. The molecule has 1 spiro atoms. The number of hydrogen-bond donors (Lipinski definition) is 1. The Morgan fingerprint density at radius 1 is 1.14 bits per heavy atom. The van der Waals surface area contributed by atoms with Crippen molar-refractivity contribution in [2.75, 3.05) is 0 Å². The van der Waals surface area contributed by atoms with Gasteiger partial charge in [0.25, 0.3) is 5.91 Å². The number of rotatable bonds is 2. The van der Waals surface area contributed by atoms with E-state index in [-0.39, 0.29) is 11.9 Å². The first-order valence-corrected chi connectivity index (χ1v) is 7.80. The fraction of sp³-hybridized carbons (Fsp3) is 0.529. The minimum absolute atomic E-state index is 0.0316. The predicted molar refractivity (Wildman–Crippen MR) is 80.7 cm³/mol. The van der Waals surface area contributed by atoms with Gasteiger partial charge < -0.3 is 5.32 Å². The van der Waals surface area contributed by atoms with Crippen molar-refractivity contribution in [1.29, 1.82) is 0 Å². The summed E-state index contributed by atoms with van der Waals surface area (Å²) in [5.41, 5.74) is 1.52. The number of carbonyl (C=O) groups excluding carboxylic acids is 2. The standard InChI is InChI=1S/C17H22N2O2/c1-13-7-6-8-14(11-13)12-19-15(20)17(18-16(19)21)9-4-2-3-5-10-17/h6-8,11H,2-5,9-10,12H2,1H3,(H,18,21). The quantitative estimate of drug-likeness (QED) is 0.849. The topological polar surface area (TPSA) is 49.4 Å². The molecule has 0 unspecified atom stereocenters. The molecule has 1 aliphatic carbocycles. The number of benzene rings is 1. The van der Waals surface area contributed by atoms with Gasteiger partial charge in [-0.2, -0.15) is 0 Å². The van der Waals surface area contributed by atoms with E-state index in [9.17, 15) is 9.59 Å². The summed E-state index contributed by atoms with van der Waals surface area (Å²) in [6.45, 7) is 2.39. The number of aryl methyl sites for hydroxylation is 1. The number of urea groups is 1. The molecule has 0 bridgehead atoms. The zero-order valence-corrected chi connectivity index (χ0v) is 12.5. The number of hydrogen-bond acceptors (Lipinski definition) is 2. The van der Waals surface area contributed by atoms with Crippen LogP contribution in [0.3, 0.4) is 0 Å². The van der Waals surface area contributed by atoms with Crippen molar-refractivity contribution in [2.45, 2.75) is 57.5 Å². The number of amides is 3. The summed E-state index contributed by atoms with van der Waals surface area (Å²) in [5, 5.41) is 2.98. The highest BCUT2D eigenvalue weighted by Gasteiger charge is 2.50. The van der Waals surface area contributed by atoms with Gasteiger partial charge in [0, 0.05) is 0 Å². The molecule has 1 aromatic carbocycles. The molecule has 1 N–H and O–H groups in total. The SMILES string of the molecule is Cc1cccc(CN2C(=O)NC3(CCCCCC3)C2=O)c1. The molecule has 1 saturated heterocycles. The highest BCUT2D eigenvalue weighted by molar-refractivity contribution is 6.07. The van der Waals surface area contributed by atoms with Crippen LogP contribution in [0.5, 0.6) is 0 Å². The molecule has 0 aromatic heterocycles. The Morgan fingerprint density at radius 2 is 1.86 bits per heavy atom. The minimum atomic E-state index is -0.628. The average Bonchev–Trinajstić information content (AvgIpc) is 2.63. The molecular formula is C17H22N2O2. The molecule has 1 aromatic rings. The Kier molecular flexibility index (Phi) is 3.70. The van der Waals surface area contributed by atoms with Gasteiger partial charge >= 0.3 is 6.03 Å². The fourth-order valence-electron chi connectivity index (χ4n) is 3.48. The van der Waals surface area contributed by atoms with E-state index in [1.54, 1.807) is 0 Å². The van der Waals surface area contributed by atoms with Gasteiger partial charge in [0.15, 0.2) is 0 Å². The van der Waals surface area contributed by atoms with E-state index in [1.807, 2.05) is 31.2 Å². The van der Waals surface area contributed by atoms with E-state index >= 15 is 0 Å². The molecule has 21 heavy (non-hydrogen) atoms. The Balaban J connectivity index is 1.80. The molecule has 3 rings (SSSR count). The Labute approximate surface area is 125 Å². The molecule has 0 radical (unpaired) electrons. The normalized spacial score (nSPS) is 21.5. The highest BCUT2D eigenvalue weighted by Crippen LogP contribution is 2.33. The lowest BCUT2D eigenvalue weighted by Crippen LogP contribution is -2.46. The van der Waals surface area contributed by atoms with Crippen molar-refractivity contribution in [3.8, 4) is 0 Å². The third kappa shape index (κ3) is 2.67. The first-order valence-electron chi connectivity index (χ1n) is 7.80. The largest absolute Gasteiger partial charge is 0.325 e. The van der Waals surface area contributed by atoms with Crippen molar-refractivity contribution < 1.29 is 9.59 Å². The summed E-state index contributed by atoms with van der Waals surface area (Å²) in [6, 6.07) is 7.74. The second-order valence-corrected chi connectivity index (χ2v) is 6.31. The lowest BCUT2D eigenvalue weighted by molar-refractivity contribution is -0.132. The van der Waals surface area contributed by atoms with Crippen LogP contribution in [0.15, 0.2) is 24.3 Å². The lowest BCUT2D eigenvalue weighted by Gasteiger charge is -2.24. The van der Waals surface area contributed by atoms with E-state index in [4.69, 9.17) is 0 Å². The van der Waals surface area contributed by atoms with E-state index in [0.717, 1.165) is 49.7 Å². The maximum atomic E-state index is 12.8. The van der Waals surface area contributed by atoms with Gasteiger partial charge in [-0.15, -0.1) is 0 Å². The van der Waals surface area contributed by atoms with Crippen molar-refractivity contribution >= 4 is 11.9 Å². The summed E-state index contributed by atoms with van der Waals surface area (Å²) in [6.07, 6.45) is 5.91. The zero-order chi connectivity index (χ0) is 14.9. The van der Waals surface area contributed by atoms with Crippen LogP contribution in [-0.2, 0) is 11.3 Å². The predicted octanol–water partition coefficient (Wildman–Crippen LogP) is 3.14. The van der Waals surface area contributed by atoms with Crippen LogP contribution < -0.4 is 5.32 Å². The summed E-state index contributed by atoms with van der Waals surface area (Å²) in [5.74, 6) is -0.0316. The first kappa shape index (κ1) is 14.1. The first-order chi connectivity index (χ1) is 10.1. The molecule has 1 saturated carbocycles. The van der Waals surface area contributed by atoms with Gasteiger partial charge in [-0.25, -0.2) is 4.79 Å². The van der Waals surface area contributed by atoms with Crippen molar-refractivity contribution in [2.24, 2.45) is 0 Å². The zero-order valence-electron chi connectivity index (χ0n) is 12.5. The minimum Gasteiger partial charge on any atom is -0.323 e. The van der Waals surface area contributed by atoms with Gasteiger partial charge in [-0.3, -0.25) is 9.69 Å². The average molecular weight is 286 g/mol. The maximum absolute atomic E-state index is 12.8. The van der Waals surface area contributed by atoms with Crippen LogP contribution in [0.4, 0.5) is 4.79 Å². The van der Waals surface area contributed by atoms with E-state index in [0.29, 0.717) is 6.54 Å². The van der Waals surface area contributed by atoms with Crippen molar-refractivity contribution in [1.82, 2.24) is 10.2 Å². The molecule has 1 heterocycles. The number of imide groups is 1. The van der Waals surface area contributed by atoms with E-state index in [1.165, 1.54) is 4.90 Å². The molecular weight excluding hydrogens is 264 g/mol. The molecule has 0 atom stereocenters. The summed E-state index contributed by atoms with van der Waals surface area (Å²) in [7, 11) is 0. The number of nitrogens with zero attached hydrogens (tertiary/aromatic N) is 1. The fourth-order valence-corrected chi connectivity index (χ4v) is 3.48. The summed E-state index contributed by atoms with van der Waals surface area (Å²) in [4.78, 5) is 26.4. The van der Waals surface area contributed by atoms with Gasteiger partial charge in [0.05, 0.1) is 6.54 Å². The number of nitrogens with one attached hydrogen (secondary N) is 1. The Morgan fingerprint density at radius 3 is 2.52 bits per heavy atom. The molecule has 4 nitrogen and oxygen atoms in total. The third-order valence-electron chi connectivity index (χ3n) is 4.63. The maximum Gasteiger partial charge on any atom is 0.325 e. The third-order valence-corrected chi connectivity index (χ3v) is 4.63. The molecule has 2 aliphatic rings. The summed E-state index contributed by atoms with van der Waals surface area (Å²) < 4.78 is 0. The molecule has 112 valence electrons. The Bertz CT molecular complexity index is 560. The van der Waals surface area contributed by atoms with E-state index in [2.05, 4.69) is 5.32 Å². The second kappa shape index (κ2) is 5.51. The summed E-state index contributed by atoms with van der Waals surface area (Å²) >= 11 is 0. The van der Waals surface area contributed by atoms with E-state index < -0.39 is 5.54 Å². The molecule has 4 heteroatoms. The monoisotopic (exact) mass is 286 g/mol. The molecule has 3 amide bonds. The smallest absolute Gasteiger partial charge is 0.323 e. The van der Waals surface area contributed by atoms with Crippen LogP contribution in [0.25, 0.3) is 0 Å². The van der Waals surface area contributed by atoms with Gasteiger partial charge in [0.1, 0.15) is 5.54 Å². The second-order valence-electron chi connectivity index (χ2n) is 6.31. The Hall–Kier alpha value is -1.84. The number of carbonyl (C=O) groups is 2. The van der Waals surface area contributed by atoms with Crippen LogP contribution in [0.2, 0.25) is 0 Å². The van der Waals surface area contributed by atoms with Gasteiger partial charge in [-0.1, -0.05) is 55.5 Å². The van der Waals surface area contributed by atoms with Crippen LogP contribution in [-0.4, -0.2) is 22.4 Å². The van der Waals surface area contributed by atoms with Crippen LogP contribution in [0.1, 0.15) is 49.7 Å². The van der Waals surface area contributed by atoms with Crippen LogP contribution in [0, 0.1) is 6.92 Å². The molecule has 2 fully saturated rings. The van der Waals surface area contributed by atoms with Gasteiger partial charge in [0.2, 0.25) is 0 Å². The van der Waals surface area contributed by atoms with Crippen molar-refractivity contribution in [3.05, 3.63) is 35.4 Å². The van der Waals surface area contributed by atoms with Gasteiger partial charge in [-0.05, 0) is 25.3 Å².